The van der Waals surface area contributed by atoms with Crippen LogP contribution in [-0.2, 0) is 10.2 Å². The van der Waals surface area contributed by atoms with E-state index < -0.39 is 5.82 Å². The van der Waals surface area contributed by atoms with Gasteiger partial charge in [-0.15, -0.1) is 0 Å². The molecule has 1 aliphatic rings. The van der Waals surface area contributed by atoms with Crippen molar-refractivity contribution in [3.63, 3.8) is 0 Å². The summed E-state index contributed by atoms with van der Waals surface area (Å²) in [4.78, 5) is 18.3. The van der Waals surface area contributed by atoms with Gasteiger partial charge in [0.2, 0.25) is 5.91 Å². The predicted molar refractivity (Wildman–Crippen MR) is 110 cm³/mol. The molecule has 2 heterocycles. The van der Waals surface area contributed by atoms with Crippen molar-refractivity contribution in [3.05, 3.63) is 64.7 Å². The van der Waals surface area contributed by atoms with E-state index in [1.165, 1.54) is 16.5 Å². The van der Waals surface area contributed by atoms with E-state index in [4.69, 9.17) is 16.1 Å². The molecule has 1 atom stereocenters. The summed E-state index contributed by atoms with van der Waals surface area (Å²) in [6.45, 7) is 6.73. The fourth-order valence-electron chi connectivity index (χ4n) is 3.44. The monoisotopic (exact) mass is 413 g/mol. The van der Waals surface area contributed by atoms with Gasteiger partial charge < -0.3 is 9.42 Å². The SMILES string of the molecule is CC(C)(C)c1ccc(-c2nc(C3CC(=O)N(c4cccc(Cl)c4F)C3)no2)cc1. The predicted octanol–water partition coefficient (Wildman–Crippen LogP) is 5.35. The van der Waals surface area contributed by atoms with E-state index in [1.807, 2.05) is 24.3 Å². The number of rotatable bonds is 3. The summed E-state index contributed by atoms with van der Waals surface area (Å²) in [5.74, 6) is -0.223. The van der Waals surface area contributed by atoms with Crippen LogP contribution in [0.4, 0.5) is 10.1 Å². The molecule has 0 N–H and O–H groups in total. The minimum Gasteiger partial charge on any atom is -0.334 e. The Morgan fingerprint density at radius 2 is 1.90 bits per heavy atom. The highest BCUT2D eigenvalue weighted by molar-refractivity contribution is 6.31. The number of amides is 1. The van der Waals surface area contributed by atoms with Crippen molar-refractivity contribution in [2.45, 2.75) is 38.5 Å². The molecule has 0 bridgehead atoms. The van der Waals surface area contributed by atoms with E-state index in [2.05, 4.69) is 30.9 Å². The van der Waals surface area contributed by atoms with E-state index in [-0.39, 0.29) is 40.9 Å². The molecule has 1 amide bonds. The third-order valence-electron chi connectivity index (χ3n) is 5.15. The second-order valence-electron chi connectivity index (χ2n) is 8.26. The zero-order valence-electron chi connectivity index (χ0n) is 16.4. The quantitative estimate of drug-likeness (QED) is 0.581. The van der Waals surface area contributed by atoms with Crippen molar-refractivity contribution < 1.29 is 13.7 Å². The Morgan fingerprint density at radius 1 is 1.17 bits per heavy atom. The molecule has 1 unspecified atom stereocenters. The molecule has 1 aromatic heterocycles. The third-order valence-corrected chi connectivity index (χ3v) is 5.44. The molecule has 150 valence electrons. The van der Waals surface area contributed by atoms with E-state index >= 15 is 0 Å². The first-order valence-electron chi connectivity index (χ1n) is 9.43. The Labute approximate surface area is 173 Å². The Balaban J connectivity index is 1.54. The molecule has 0 saturated carbocycles. The van der Waals surface area contributed by atoms with Crippen molar-refractivity contribution in [2.24, 2.45) is 0 Å². The number of anilines is 1. The lowest BCUT2D eigenvalue weighted by atomic mass is 9.87. The first kappa shape index (κ1) is 19.6. The highest BCUT2D eigenvalue weighted by atomic mass is 35.5. The normalized spacial score (nSPS) is 17.2. The molecule has 1 fully saturated rings. The molecule has 1 aliphatic heterocycles. The first-order chi connectivity index (χ1) is 13.7. The molecule has 1 saturated heterocycles. The molecular formula is C22H21ClFN3O2. The second-order valence-corrected chi connectivity index (χ2v) is 8.67. The molecule has 0 radical (unpaired) electrons. The van der Waals surface area contributed by atoms with Crippen LogP contribution in [0.1, 0.15) is 44.5 Å². The number of hydrogen-bond donors (Lipinski definition) is 0. The number of carbonyl (C=O) groups excluding carboxylic acids is 1. The molecule has 3 aromatic rings. The lowest BCUT2D eigenvalue weighted by Gasteiger charge is -2.18. The standard InChI is InChI=1S/C22H21ClFN3O2/c1-22(2,3)15-9-7-13(8-10-15)21-25-20(26-29-21)14-11-18(28)27(12-14)17-6-4-5-16(23)19(17)24/h4-10,14H,11-12H2,1-3H3. The lowest BCUT2D eigenvalue weighted by molar-refractivity contribution is -0.117. The van der Waals surface area contributed by atoms with E-state index in [1.54, 1.807) is 12.1 Å². The third kappa shape index (κ3) is 3.77. The van der Waals surface area contributed by atoms with Crippen molar-refractivity contribution >= 4 is 23.2 Å². The Hall–Kier alpha value is -2.73. The van der Waals surface area contributed by atoms with Crippen LogP contribution in [-0.4, -0.2) is 22.6 Å². The largest absolute Gasteiger partial charge is 0.334 e. The topological polar surface area (TPSA) is 59.2 Å². The van der Waals surface area contributed by atoms with E-state index in [9.17, 15) is 9.18 Å². The second kappa shape index (κ2) is 7.26. The molecule has 29 heavy (non-hydrogen) atoms. The maximum atomic E-state index is 14.3. The van der Waals surface area contributed by atoms with Crippen molar-refractivity contribution in [3.8, 4) is 11.5 Å². The highest BCUT2D eigenvalue weighted by Gasteiger charge is 2.36. The molecule has 0 spiro atoms. The van der Waals surface area contributed by atoms with Crippen LogP contribution in [0.3, 0.4) is 0 Å². The maximum absolute atomic E-state index is 14.3. The summed E-state index contributed by atoms with van der Waals surface area (Å²) in [5, 5.41) is 4.05. The summed E-state index contributed by atoms with van der Waals surface area (Å²) in [7, 11) is 0. The molecule has 0 aliphatic carbocycles. The van der Waals surface area contributed by atoms with Gasteiger partial charge in [-0.25, -0.2) is 4.39 Å². The van der Waals surface area contributed by atoms with Gasteiger partial charge in [0, 0.05) is 24.4 Å². The van der Waals surface area contributed by atoms with Gasteiger partial charge >= 0.3 is 0 Å². The number of aromatic nitrogens is 2. The summed E-state index contributed by atoms with van der Waals surface area (Å²) in [6, 6.07) is 12.6. The fourth-order valence-corrected chi connectivity index (χ4v) is 3.61. The molecule has 4 rings (SSSR count). The average Bonchev–Trinajstić information content (AvgIpc) is 3.30. The molecule has 2 aromatic carbocycles. The van der Waals surface area contributed by atoms with Crippen LogP contribution in [0, 0.1) is 5.82 Å². The zero-order chi connectivity index (χ0) is 20.8. The minimum absolute atomic E-state index is 0.0145. The van der Waals surface area contributed by atoms with Gasteiger partial charge in [-0.05, 0) is 35.2 Å². The van der Waals surface area contributed by atoms with Gasteiger partial charge in [-0.3, -0.25) is 4.79 Å². The lowest BCUT2D eigenvalue weighted by Crippen LogP contribution is -2.25. The molecule has 7 heteroatoms. The van der Waals surface area contributed by atoms with Gasteiger partial charge in [-0.1, -0.05) is 55.7 Å². The van der Waals surface area contributed by atoms with Crippen molar-refractivity contribution in [1.82, 2.24) is 10.1 Å². The summed E-state index contributed by atoms with van der Waals surface area (Å²) in [6.07, 6.45) is 0.188. The fraction of sp³-hybridized carbons (Fsp3) is 0.318. The Morgan fingerprint density at radius 3 is 2.59 bits per heavy atom. The number of nitrogens with zero attached hydrogens (tertiary/aromatic N) is 3. The molecular weight excluding hydrogens is 393 g/mol. The zero-order valence-corrected chi connectivity index (χ0v) is 17.2. The number of benzene rings is 2. The van der Waals surface area contributed by atoms with Gasteiger partial charge in [-0.2, -0.15) is 4.98 Å². The summed E-state index contributed by atoms with van der Waals surface area (Å²) in [5.41, 5.74) is 2.26. The number of halogens is 2. The summed E-state index contributed by atoms with van der Waals surface area (Å²) >= 11 is 5.85. The Bertz CT molecular complexity index is 1060. The average molecular weight is 414 g/mol. The highest BCUT2D eigenvalue weighted by Crippen LogP contribution is 2.34. The van der Waals surface area contributed by atoms with Crippen molar-refractivity contribution in [2.75, 3.05) is 11.4 Å². The molecule has 5 nitrogen and oxygen atoms in total. The van der Waals surface area contributed by atoms with Crippen LogP contribution in [0.25, 0.3) is 11.5 Å². The number of hydrogen-bond acceptors (Lipinski definition) is 4. The van der Waals surface area contributed by atoms with Crippen LogP contribution in [0.15, 0.2) is 47.0 Å². The van der Waals surface area contributed by atoms with Gasteiger partial charge in [0.1, 0.15) is 0 Å². The van der Waals surface area contributed by atoms with Gasteiger partial charge in [0.05, 0.1) is 10.7 Å². The van der Waals surface area contributed by atoms with Crippen LogP contribution in [0.2, 0.25) is 5.02 Å². The van der Waals surface area contributed by atoms with E-state index in [0.717, 1.165) is 5.56 Å². The van der Waals surface area contributed by atoms with Crippen LogP contribution in [0.5, 0.6) is 0 Å². The van der Waals surface area contributed by atoms with Crippen LogP contribution >= 0.6 is 11.6 Å². The summed E-state index contributed by atoms with van der Waals surface area (Å²) < 4.78 is 19.7. The van der Waals surface area contributed by atoms with Crippen LogP contribution < -0.4 is 4.90 Å². The smallest absolute Gasteiger partial charge is 0.257 e. The van der Waals surface area contributed by atoms with Gasteiger partial charge in [0.25, 0.3) is 5.89 Å². The maximum Gasteiger partial charge on any atom is 0.257 e. The Kier molecular flexibility index (Phi) is 4.90. The van der Waals surface area contributed by atoms with E-state index in [0.29, 0.717) is 11.7 Å². The van der Waals surface area contributed by atoms with Gasteiger partial charge in [0.15, 0.2) is 11.6 Å². The minimum atomic E-state index is -0.601. The number of carbonyl (C=O) groups is 1. The van der Waals surface area contributed by atoms with Crippen molar-refractivity contribution in [1.29, 1.82) is 0 Å². The first-order valence-corrected chi connectivity index (χ1v) is 9.81.